The van der Waals surface area contributed by atoms with Crippen molar-refractivity contribution in [1.29, 1.82) is 0 Å². The normalized spacial score (nSPS) is 9.20. The third-order valence-electron chi connectivity index (χ3n) is 5.16. The molecule has 0 spiro atoms. The van der Waals surface area contributed by atoms with Crippen LogP contribution in [-0.4, -0.2) is 32.7 Å². The van der Waals surface area contributed by atoms with Crippen molar-refractivity contribution in [2.24, 2.45) is 0 Å². The minimum absolute atomic E-state index is 0. The number of hydrogen-bond acceptors (Lipinski definition) is 2. The molecule has 0 heterocycles. The van der Waals surface area contributed by atoms with Crippen LogP contribution in [0.4, 0.5) is 9.59 Å². The Labute approximate surface area is 222 Å². The van der Waals surface area contributed by atoms with Gasteiger partial charge in [-0.25, -0.2) is 21.7 Å². The average Bonchev–Trinajstić information content (AvgIpc) is 3.48. The maximum Gasteiger partial charge on any atom is 0.503 e. The predicted molar refractivity (Wildman–Crippen MR) is 140 cm³/mol. The molecule has 2 aromatic carbocycles. The van der Waals surface area contributed by atoms with E-state index in [1.807, 2.05) is 30.3 Å². The summed E-state index contributed by atoms with van der Waals surface area (Å²) in [5, 5.41) is 27.9. The molecule has 2 aromatic rings. The number of rotatable bonds is 14. The Bertz CT molecular complexity index is 599. The van der Waals surface area contributed by atoms with E-state index < -0.39 is 12.3 Å². The van der Waals surface area contributed by atoms with E-state index in [-0.39, 0.29) is 17.1 Å². The molecule has 0 fully saturated rings. The van der Waals surface area contributed by atoms with Crippen LogP contribution in [0.1, 0.15) is 102 Å². The van der Waals surface area contributed by atoms with Gasteiger partial charge in [-0.1, -0.05) is 104 Å². The molecular weight excluding hydrogens is 488 g/mol. The molecule has 35 heavy (non-hydrogen) atoms. The second-order valence-electron chi connectivity index (χ2n) is 8.14. The van der Waals surface area contributed by atoms with Gasteiger partial charge in [-0.3, -0.25) is 0 Å². The standard InChI is InChI=1S/C21H37.C5H5.2CH2O3.Fe/c1-3-5-7-9-11-13-16-20-18-15-19-21(20)17-14-12-10-8-6-4-2;1-2-4-5-3-1;2*2-1(3)4;/h15,18-19H,3-14,16-17H2,1-2H3;1-5H;2*(H2,2,3,4);/q-1;-5;;;. The summed E-state index contributed by atoms with van der Waals surface area (Å²) in [6.07, 6.45) is 15.8. The van der Waals surface area contributed by atoms with Gasteiger partial charge in [0, 0.05) is 17.1 Å². The number of carbonyl (C=O) groups is 2. The van der Waals surface area contributed by atoms with Crippen LogP contribution in [0.2, 0.25) is 0 Å². The van der Waals surface area contributed by atoms with Crippen LogP contribution >= 0.6 is 0 Å². The first kappa shape index (κ1) is 37.3. The number of aryl methyl sites for hydroxylation is 2. The summed E-state index contributed by atoms with van der Waals surface area (Å²) in [5.74, 6) is 0. The van der Waals surface area contributed by atoms with E-state index in [0.717, 1.165) is 0 Å². The van der Waals surface area contributed by atoms with Crippen LogP contribution in [0.3, 0.4) is 0 Å². The fourth-order valence-electron chi connectivity index (χ4n) is 3.49. The Morgan fingerprint density at radius 2 is 1.06 bits per heavy atom. The number of hydrogen-bond donors (Lipinski definition) is 4. The van der Waals surface area contributed by atoms with Crippen molar-refractivity contribution in [1.82, 2.24) is 0 Å². The third-order valence-corrected chi connectivity index (χ3v) is 5.16. The monoisotopic (exact) mass is 534 g/mol. The van der Waals surface area contributed by atoms with Gasteiger partial charge >= 0.3 is 12.3 Å². The molecule has 0 aliphatic rings. The van der Waals surface area contributed by atoms with Crippen LogP contribution in [0.15, 0.2) is 48.5 Å². The summed E-state index contributed by atoms with van der Waals surface area (Å²) >= 11 is 0. The zero-order valence-electron chi connectivity index (χ0n) is 21.5. The molecule has 0 saturated carbocycles. The molecule has 0 bridgehead atoms. The van der Waals surface area contributed by atoms with Crippen molar-refractivity contribution < 1.29 is 47.1 Å². The van der Waals surface area contributed by atoms with Crippen molar-refractivity contribution in [3.63, 3.8) is 0 Å². The number of unbranched alkanes of at least 4 members (excludes halogenated alkanes) is 10. The van der Waals surface area contributed by atoms with E-state index in [1.54, 1.807) is 11.1 Å². The van der Waals surface area contributed by atoms with Crippen molar-refractivity contribution >= 4 is 12.3 Å². The molecule has 0 aliphatic heterocycles. The summed E-state index contributed by atoms with van der Waals surface area (Å²) < 4.78 is 0. The minimum Gasteiger partial charge on any atom is -0.748 e. The van der Waals surface area contributed by atoms with Crippen LogP contribution < -0.4 is 0 Å². The summed E-state index contributed by atoms with van der Waals surface area (Å²) in [5.41, 5.74) is 3.28. The molecule has 2 rings (SSSR count). The van der Waals surface area contributed by atoms with Crippen LogP contribution in [0.5, 0.6) is 0 Å². The van der Waals surface area contributed by atoms with Crippen molar-refractivity contribution in [2.75, 3.05) is 0 Å². The van der Waals surface area contributed by atoms with E-state index in [1.165, 1.54) is 89.9 Å². The molecule has 6 nitrogen and oxygen atoms in total. The topological polar surface area (TPSA) is 115 Å². The van der Waals surface area contributed by atoms with Gasteiger partial charge in [0.25, 0.3) is 0 Å². The zero-order chi connectivity index (χ0) is 25.9. The molecule has 0 saturated heterocycles. The minimum atomic E-state index is -1.83. The van der Waals surface area contributed by atoms with Gasteiger partial charge in [-0.15, -0.1) is 0 Å². The van der Waals surface area contributed by atoms with Crippen molar-refractivity contribution in [3.8, 4) is 0 Å². The average molecular weight is 535 g/mol. The molecule has 4 N–H and O–H groups in total. The molecule has 7 heteroatoms. The fourth-order valence-corrected chi connectivity index (χ4v) is 3.49. The van der Waals surface area contributed by atoms with Crippen LogP contribution in [-0.2, 0) is 29.9 Å². The molecular formula is C28H46FeO6-6. The zero-order valence-corrected chi connectivity index (χ0v) is 22.6. The summed E-state index contributed by atoms with van der Waals surface area (Å²) in [6, 6.07) is 17.0. The molecule has 0 atom stereocenters. The summed E-state index contributed by atoms with van der Waals surface area (Å²) in [4.78, 5) is 17.1. The van der Waals surface area contributed by atoms with Crippen molar-refractivity contribution in [3.05, 3.63) is 59.7 Å². The van der Waals surface area contributed by atoms with Gasteiger partial charge in [0.2, 0.25) is 0 Å². The Morgan fingerprint density at radius 3 is 1.49 bits per heavy atom. The second-order valence-corrected chi connectivity index (χ2v) is 8.14. The maximum absolute atomic E-state index is 8.56. The first-order chi connectivity index (χ1) is 16.3. The van der Waals surface area contributed by atoms with Gasteiger partial charge in [-0.2, -0.15) is 17.2 Å². The Balaban J connectivity index is -0.000000595. The van der Waals surface area contributed by atoms with Crippen LogP contribution in [0, 0.1) is 0 Å². The van der Waals surface area contributed by atoms with Gasteiger partial charge in [0.15, 0.2) is 0 Å². The number of carboxylic acid groups (broad SMARTS) is 4. The SMILES string of the molecule is CCCCCCCCc1ccc[c-]1CCCCCCCC.O=C(O)O.O=C(O)O.[Fe].[cH-]1[cH-][cH-][cH-][cH-]1. The van der Waals surface area contributed by atoms with E-state index in [2.05, 4.69) is 32.0 Å². The largest absolute Gasteiger partial charge is 0.748 e. The first-order valence-electron chi connectivity index (χ1n) is 12.6. The van der Waals surface area contributed by atoms with E-state index in [0.29, 0.717) is 0 Å². The van der Waals surface area contributed by atoms with Gasteiger partial charge in [0.1, 0.15) is 0 Å². The van der Waals surface area contributed by atoms with E-state index >= 15 is 0 Å². The van der Waals surface area contributed by atoms with Crippen molar-refractivity contribution in [2.45, 2.75) is 104 Å². The molecule has 0 aliphatic carbocycles. The van der Waals surface area contributed by atoms with Gasteiger partial charge in [0.05, 0.1) is 0 Å². The quantitative estimate of drug-likeness (QED) is 0.109. The fraction of sp³-hybridized carbons (Fsp3) is 0.571. The maximum atomic E-state index is 8.56. The summed E-state index contributed by atoms with van der Waals surface area (Å²) in [7, 11) is 0. The molecule has 0 amide bonds. The second kappa shape index (κ2) is 29.8. The molecule has 0 aromatic heterocycles. The molecule has 208 valence electrons. The van der Waals surface area contributed by atoms with E-state index in [9.17, 15) is 0 Å². The Hall–Kier alpha value is -2.24. The van der Waals surface area contributed by atoms with Gasteiger partial charge < -0.3 is 50.8 Å². The van der Waals surface area contributed by atoms with Crippen LogP contribution in [0.25, 0.3) is 0 Å². The Kier molecular flexibility index (Phi) is 31.8. The Morgan fingerprint density at radius 1 is 0.686 bits per heavy atom. The molecule has 0 unspecified atom stereocenters. The first-order valence-corrected chi connectivity index (χ1v) is 12.6. The van der Waals surface area contributed by atoms with Gasteiger partial charge in [-0.05, 0) is 0 Å². The predicted octanol–water partition coefficient (Wildman–Crippen LogP) is 9.06. The third kappa shape index (κ3) is 34.0. The van der Waals surface area contributed by atoms with E-state index in [4.69, 9.17) is 30.0 Å². The smallest absolute Gasteiger partial charge is 0.503 e. The molecule has 0 radical (unpaired) electrons. The summed E-state index contributed by atoms with van der Waals surface area (Å²) in [6.45, 7) is 4.58.